The lowest BCUT2D eigenvalue weighted by atomic mass is 10.00. The van der Waals surface area contributed by atoms with Crippen LogP contribution in [0.15, 0.2) is 41.4 Å². The van der Waals surface area contributed by atoms with Gasteiger partial charge in [-0.15, -0.1) is 0 Å². The van der Waals surface area contributed by atoms with Crippen LogP contribution in [-0.4, -0.2) is 58.2 Å². The predicted molar refractivity (Wildman–Crippen MR) is 120 cm³/mol. The zero-order valence-electron chi connectivity index (χ0n) is 18.5. The highest BCUT2D eigenvalue weighted by molar-refractivity contribution is 5.86. The van der Waals surface area contributed by atoms with Gasteiger partial charge in [0.05, 0.1) is 27.9 Å². The van der Waals surface area contributed by atoms with Gasteiger partial charge in [0, 0.05) is 26.7 Å². The molecule has 0 atom stereocenters. The fourth-order valence-electron chi connectivity index (χ4n) is 3.62. The van der Waals surface area contributed by atoms with E-state index in [1.54, 1.807) is 28.4 Å². The molecule has 1 aliphatic rings. The van der Waals surface area contributed by atoms with Crippen molar-refractivity contribution < 1.29 is 19.0 Å². The number of fused-ring (bicyclic) bond motifs is 1. The Hall–Kier alpha value is -3.42. The Balaban J connectivity index is 1.55. The summed E-state index contributed by atoms with van der Waals surface area (Å²) in [6.07, 6.45) is 0.885. The largest absolute Gasteiger partial charge is 0.493 e. The van der Waals surface area contributed by atoms with E-state index in [2.05, 4.69) is 27.8 Å². The molecule has 0 radical (unpaired) electrons. The van der Waals surface area contributed by atoms with E-state index in [9.17, 15) is 4.79 Å². The third-order valence-corrected chi connectivity index (χ3v) is 5.30. The Morgan fingerprint density at radius 3 is 2.32 bits per heavy atom. The first kappa shape index (κ1) is 22.3. The molecule has 0 aromatic heterocycles. The van der Waals surface area contributed by atoms with Crippen molar-refractivity contribution in [3.8, 4) is 17.2 Å². The Morgan fingerprint density at radius 1 is 1.03 bits per heavy atom. The van der Waals surface area contributed by atoms with Crippen LogP contribution in [0.3, 0.4) is 0 Å². The van der Waals surface area contributed by atoms with Gasteiger partial charge in [-0.2, -0.15) is 0 Å². The molecular weight excluding hydrogens is 396 g/mol. The van der Waals surface area contributed by atoms with Crippen LogP contribution in [0, 0.1) is 0 Å². The standard InChI is InChI=1S/C23H30N4O4/c1-24-23(25-13-16-11-19(29-2)22(31-4)20(12-16)30-3)26-14-21(28)27-10-9-17-7-5-6-8-18(17)15-27/h5-8,11-12H,9-10,13-15H2,1-4H3,(H2,24,25,26). The van der Waals surface area contributed by atoms with Crippen LogP contribution in [0.1, 0.15) is 16.7 Å². The van der Waals surface area contributed by atoms with Crippen LogP contribution in [0.25, 0.3) is 0 Å². The van der Waals surface area contributed by atoms with Gasteiger partial charge in [0.1, 0.15) is 0 Å². The first-order valence-corrected chi connectivity index (χ1v) is 10.2. The molecule has 0 spiro atoms. The molecule has 8 heteroatoms. The molecule has 31 heavy (non-hydrogen) atoms. The van der Waals surface area contributed by atoms with Gasteiger partial charge >= 0.3 is 0 Å². The van der Waals surface area contributed by atoms with Gasteiger partial charge in [0.15, 0.2) is 17.5 Å². The lowest BCUT2D eigenvalue weighted by molar-refractivity contribution is -0.130. The molecule has 1 heterocycles. The molecule has 0 unspecified atom stereocenters. The number of nitrogens with one attached hydrogen (secondary N) is 2. The van der Waals surface area contributed by atoms with Crippen LogP contribution in [0.2, 0.25) is 0 Å². The lowest BCUT2D eigenvalue weighted by Crippen LogP contribution is -2.45. The number of carbonyl (C=O) groups is 1. The number of amides is 1. The number of benzene rings is 2. The Kier molecular flexibility index (Phi) is 7.59. The SMILES string of the molecule is CN=C(NCC(=O)N1CCc2ccccc2C1)NCc1cc(OC)c(OC)c(OC)c1. The van der Waals surface area contributed by atoms with Crippen molar-refractivity contribution in [2.45, 2.75) is 19.5 Å². The van der Waals surface area contributed by atoms with Crippen molar-refractivity contribution in [3.05, 3.63) is 53.1 Å². The minimum Gasteiger partial charge on any atom is -0.493 e. The molecule has 0 fully saturated rings. The highest BCUT2D eigenvalue weighted by atomic mass is 16.5. The van der Waals surface area contributed by atoms with Crippen molar-refractivity contribution in [3.63, 3.8) is 0 Å². The number of guanidine groups is 1. The van der Waals surface area contributed by atoms with Crippen LogP contribution in [-0.2, 0) is 24.3 Å². The zero-order valence-corrected chi connectivity index (χ0v) is 18.5. The average Bonchev–Trinajstić information content (AvgIpc) is 2.82. The lowest BCUT2D eigenvalue weighted by Gasteiger charge is -2.29. The van der Waals surface area contributed by atoms with E-state index >= 15 is 0 Å². The van der Waals surface area contributed by atoms with Gasteiger partial charge < -0.3 is 29.7 Å². The first-order chi connectivity index (χ1) is 15.1. The van der Waals surface area contributed by atoms with Crippen molar-refractivity contribution in [2.24, 2.45) is 4.99 Å². The van der Waals surface area contributed by atoms with E-state index in [0.29, 0.717) is 36.3 Å². The molecule has 0 aliphatic carbocycles. The van der Waals surface area contributed by atoms with Gasteiger partial charge in [-0.25, -0.2) is 0 Å². The second-order valence-electron chi connectivity index (χ2n) is 7.15. The first-order valence-electron chi connectivity index (χ1n) is 10.2. The van der Waals surface area contributed by atoms with E-state index in [-0.39, 0.29) is 12.5 Å². The Labute approximate surface area is 183 Å². The highest BCUT2D eigenvalue weighted by Crippen LogP contribution is 2.38. The monoisotopic (exact) mass is 426 g/mol. The number of nitrogens with zero attached hydrogens (tertiary/aromatic N) is 2. The molecule has 0 saturated carbocycles. The maximum absolute atomic E-state index is 12.7. The van der Waals surface area contributed by atoms with Gasteiger partial charge in [-0.1, -0.05) is 24.3 Å². The number of hydrogen-bond donors (Lipinski definition) is 2. The van der Waals surface area contributed by atoms with Crippen LogP contribution in [0.4, 0.5) is 0 Å². The molecule has 2 aromatic carbocycles. The minimum absolute atomic E-state index is 0.0465. The third kappa shape index (κ3) is 5.39. The molecule has 3 rings (SSSR count). The van der Waals surface area contributed by atoms with E-state index in [0.717, 1.165) is 18.5 Å². The molecule has 2 aromatic rings. The molecule has 0 bridgehead atoms. The number of methoxy groups -OCH3 is 3. The summed E-state index contributed by atoms with van der Waals surface area (Å²) in [6, 6.07) is 12.0. The molecule has 1 aliphatic heterocycles. The summed E-state index contributed by atoms with van der Waals surface area (Å²) in [5, 5.41) is 6.32. The van der Waals surface area contributed by atoms with Gasteiger partial charge in [0.25, 0.3) is 0 Å². The second-order valence-corrected chi connectivity index (χ2v) is 7.15. The molecule has 0 saturated heterocycles. The second kappa shape index (κ2) is 10.6. The molecule has 166 valence electrons. The van der Waals surface area contributed by atoms with Crippen molar-refractivity contribution in [1.29, 1.82) is 0 Å². The fraction of sp³-hybridized carbons (Fsp3) is 0.391. The molecule has 2 N–H and O–H groups in total. The third-order valence-electron chi connectivity index (χ3n) is 5.30. The average molecular weight is 427 g/mol. The maximum atomic E-state index is 12.7. The van der Waals surface area contributed by atoms with Crippen LogP contribution < -0.4 is 24.8 Å². The predicted octanol–water partition coefficient (Wildman–Crippen LogP) is 1.96. The maximum Gasteiger partial charge on any atom is 0.242 e. The summed E-state index contributed by atoms with van der Waals surface area (Å²) in [7, 11) is 6.41. The Bertz CT molecular complexity index is 920. The highest BCUT2D eigenvalue weighted by Gasteiger charge is 2.20. The van der Waals surface area contributed by atoms with Crippen molar-refractivity contribution in [2.75, 3.05) is 41.5 Å². The summed E-state index contributed by atoms with van der Waals surface area (Å²) in [5.74, 6) is 2.30. The molecule has 8 nitrogen and oxygen atoms in total. The molecular formula is C23H30N4O4. The summed E-state index contributed by atoms with van der Waals surface area (Å²) in [5.41, 5.74) is 3.46. The Morgan fingerprint density at radius 2 is 1.71 bits per heavy atom. The fourth-order valence-corrected chi connectivity index (χ4v) is 3.62. The van der Waals surface area contributed by atoms with E-state index in [1.807, 2.05) is 29.2 Å². The topological polar surface area (TPSA) is 84.4 Å². The van der Waals surface area contributed by atoms with Gasteiger partial charge in [-0.3, -0.25) is 9.79 Å². The van der Waals surface area contributed by atoms with E-state index < -0.39 is 0 Å². The number of aliphatic imine (C=N–C) groups is 1. The number of carbonyl (C=O) groups excluding carboxylic acids is 1. The number of rotatable bonds is 7. The summed E-state index contributed by atoms with van der Waals surface area (Å²) in [4.78, 5) is 18.8. The summed E-state index contributed by atoms with van der Waals surface area (Å²) < 4.78 is 16.1. The number of ether oxygens (including phenoxy) is 3. The minimum atomic E-state index is 0.0465. The number of hydrogen-bond acceptors (Lipinski definition) is 5. The smallest absolute Gasteiger partial charge is 0.242 e. The van der Waals surface area contributed by atoms with Crippen molar-refractivity contribution in [1.82, 2.24) is 15.5 Å². The van der Waals surface area contributed by atoms with E-state index in [4.69, 9.17) is 14.2 Å². The van der Waals surface area contributed by atoms with Gasteiger partial charge in [-0.05, 0) is 35.2 Å². The summed E-state index contributed by atoms with van der Waals surface area (Å²) >= 11 is 0. The normalized spacial score (nSPS) is 13.3. The van der Waals surface area contributed by atoms with Gasteiger partial charge in [0.2, 0.25) is 11.7 Å². The molecule has 1 amide bonds. The quantitative estimate of drug-likeness (QED) is 0.520. The van der Waals surface area contributed by atoms with E-state index in [1.165, 1.54) is 11.1 Å². The zero-order chi connectivity index (χ0) is 22.2. The van der Waals surface area contributed by atoms with Crippen LogP contribution >= 0.6 is 0 Å². The van der Waals surface area contributed by atoms with Crippen LogP contribution in [0.5, 0.6) is 17.2 Å². The summed E-state index contributed by atoms with van der Waals surface area (Å²) in [6.45, 7) is 2.03. The van der Waals surface area contributed by atoms with Crippen molar-refractivity contribution >= 4 is 11.9 Å².